The van der Waals surface area contributed by atoms with Crippen molar-refractivity contribution in [3.05, 3.63) is 21.9 Å². The Hall–Kier alpha value is -0.820. The molecule has 1 N–H and O–H groups in total. The van der Waals surface area contributed by atoms with Gasteiger partial charge in [0.05, 0.1) is 12.7 Å². The fraction of sp³-hybridized carbons (Fsp3) is 0.600. The van der Waals surface area contributed by atoms with E-state index >= 15 is 0 Å². The van der Waals surface area contributed by atoms with Crippen LogP contribution in [0.15, 0.2) is 11.4 Å². The average Bonchev–Trinajstić information content (AvgIpc) is 2.68. The van der Waals surface area contributed by atoms with Crippen molar-refractivity contribution in [1.82, 2.24) is 0 Å². The highest BCUT2D eigenvalue weighted by molar-refractivity contribution is 7.10. The summed E-state index contributed by atoms with van der Waals surface area (Å²) in [7, 11) is 0. The van der Waals surface area contributed by atoms with Gasteiger partial charge < -0.3 is 9.84 Å². The standard InChI is InChI=1S/C15H20O2S/c16-9-5-6-13-10-15(18-12-13)11-17-14-7-3-1-2-4-8-14/h10,12,14,16H,1-4,7-9,11H2. The molecule has 18 heavy (non-hydrogen) atoms. The molecule has 1 aromatic rings. The van der Waals surface area contributed by atoms with Gasteiger partial charge >= 0.3 is 0 Å². The molecule has 98 valence electrons. The highest BCUT2D eigenvalue weighted by atomic mass is 32.1. The molecular weight excluding hydrogens is 244 g/mol. The molecule has 3 heteroatoms. The van der Waals surface area contributed by atoms with Crippen LogP contribution in [0, 0.1) is 11.8 Å². The van der Waals surface area contributed by atoms with Crippen molar-refractivity contribution in [2.24, 2.45) is 0 Å². The van der Waals surface area contributed by atoms with Gasteiger partial charge in [-0.2, -0.15) is 0 Å². The second kappa shape index (κ2) is 7.58. The molecule has 0 saturated heterocycles. The maximum Gasteiger partial charge on any atom is 0.104 e. The third-order valence-corrected chi connectivity index (χ3v) is 4.14. The van der Waals surface area contributed by atoms with Crippen LogP contribution in [0.3, 0.4) is 0 Å². The summed E-state index contributed by atoms with van der Waals surface area (Å²) in [6.07, 6.45) is 8.21. The Labute approximate surface area is 113 Å². The molecule has 0 aromatic carbocycles. The van der Waals surface area contributed by atoms with Crippen LogP contribution in [-0.2, 0) is 11.3 Å². The summed E-state index contributed by atoms with van der Waals surface area (Å²) in [6, 6.07) is 2.06. The first kappa shape index (κ1) is 13.6. The molecule has 0 bridgehead atoms. The average molecular weight is 264 g/mol. The zero-order chi connectivity index (χ0) is 12.6. The quantitative estimate of drug-likeness (QED) is 0.670. The lowest BCUT2D eigenvalue weighted by molar-refractivity contribution is 0.0324. The molecule has 0 amide bonds. The van der Waals surface area contributed by atoms with E-state index in [-0.39, 0.29) is 6.61 Å². The minimum atomic E-state index is -0.0796. The highest BCUT2D eigenvalue weighted by Gasteiger charge is 2.12. The second-order valence-corrected chi connectivity index (χ2v) is 5.68. The predicted octanol–water partition coefficient (Wildman–Crippen LogP) is 3.33. The largest absolute Gasteiger partial charge is 0.384 e. The van der Waals surface area contributed by atoms with E-state index in [0.29, 0.717) is 12.7 Å². The van der Waals surface area contributed by atoms with Crippen LogP contribution in [0.25, 0.3) is 0 Å². The number of aliphatic hydroxyl groups is 1. The monoisotopic (exact) mass is 264 g/mol. The van der Waals surface area contributed by atoms with E-state index in [1.54, 1.807) is 11.3 Å². The Balaban J connectivity index is 1.80. The molecule has 1 aliphatic carbocycles. The molecule has 2 rings (SSSR count). The van der Waals surface area contributed by atoms with E-state index in [0.717, 1.165) is 5.56 Å². The first-order chi connectivity index (χ1) is 8.88. The smallest absolute Gasteiger partial charge is 0.104 e. The Kier molecular flexibility index (Phi) is 5.73. The third-order valence-electron chi connectivity index (χ3n) is 3.23. The van der Waals surface area contributed by atoms with Gasteiger partial charge in [0.2, 0.25) is 0 Å². The SMILES string of the molecule is OCC#Cc1csc(COC2CCCCCC2)c1. The molecule has 1 aliphatic rings. The molecule has 0 atom stereocenters. The number of hydrogen-bond donors (Lipinski definition) is 1. The van der Waals surface area contributed by atoms with Crippen LogP contribution in [0.5, 0.6) is 0 Å². The Morgan fingerprint density at radius 2 is 2.06 bits per heavy atom. The zero-order valence-corrected chi connectivity index (χ0v) is 11.5. The minimum absolute atomic E-state index is 0.0796. The van der Waals surface area contributed by atoms with Gasteiger partial charge in [0.1, 0.15) is 6.61 Å². The molecular formula is C15H20O2S. The summed E-state index contributed by atoms with van der Waals surface area (Å²) in [5.41, 5.74) is 0.980. The van der Waals surface area contributed by atoms with E-state index < -0.39 is 0 Å². The van der Waals surface area contributed by atoms with Crippen molar-refractivity contribution in [2.75, 3.05) is 6.61 Å². The third kappa shape index (κ3) is 4.45. The van der Waals surface area contributed by atoms with E-state index in [9.17, 15) is 0 Å². The summed E-state index contributed by atoms with van der Waals surface area (Å²) in [6.45, 7) is 0.625. The molecule has 1 fully saturated rings. The van der Waals surface area contributed by atoms with Crippen LogP contribution >= 0.6 is 11.3 Å². The number of hydrogen-bond acceptors (Lipinski definition) is 3. The second-order valence-electron chi connectivity index (χ2n) is 4.69. The molecule has 1 saturated carbocycles. The maximum absolute atomic E-state index is 8.64. The van der Waals surface area contributed by atoms with Gasteiger partial charge in [0.25, 0.3) is 0 Å². The fourth-order valence-electron chi connectivity index (χ4n) is 2.27. The number of aliphatic hydroxyl groups excluding tert-OH is 1. The van der Waals surface area contributed by atoms with Crippen LogP contribution in [-0.4, -0.2) is 17.8 Å². The van der Waals surface area contributed by atoms with Gasteiger partial charge in [-0.05, 0) is 18.9 Å². The zero-order valence-electron chi connectivity index (χ0n) is 10.7. The van der Waals surface area contributed by atoms with Crippen LogP contribution < -0.4 is 0 Å². The Morgan fingerprint density at radius 1 is 1.28 bits per heavy atom. The highest BCUT2D eigenvalue weighted by Crippen LogP contribution is 2.22. The lowest BCUT2D eigenvalue weighted by Crippen LogP contribution is -2.10. The van der Waals surface area contributed by atoms with Crippen LogP contribution in [0.2, 0.25) is 0 Å². The van der Waals surface area contributed by atoms with Crippen molar-refractivity contribution >= 4 is 11.3 Å². The van der Waals surface area contributed by atoms with E-state index in [4.69, 9.17) is 9.84 Å². The van der Waals surface area contributed by atoms with Crippen LogP contribution in [0.1, 0.15) is 49.0 Å². The van der Waals surface area contributed by atoms with Gasteiger partial charge in [-0.1, -0.05) is 37.5 Å². The normalized spacial score (nSPS) is 16.9. The van der Waals surface area contributed by atoms with Crippen molar-refractivity contribution in [1.29, 1.82) is 0 Å². The van der Waals surface area contributed by atoms with Gasteiger partial charge in [0.15, 0.2) is 0 Å². The van der Waals surface area contributed by atoms with Crippen molar-refractivity contribution < 1.29 is 9.84 Å². The van der Waals surface area contributed by atoms with Crippen molar-refractivity contribution in [3.63, 3.8) is 0 Å². The van der Waals surface area contributed by atoms with Crippen molar-refractivity contribution in [3.8, 4) is 11.8 Å². The lowest BCUT2D eigenvalue weighted by Gasteiger charge is -2.14. The number of rotatable bonds is 3. The summed E-state index contributed by atoms with van der Waals surface area (Å²) < 4.78 is 5.98. The predicted molar refractivity (Wildman–Crippen MR) is 74.6 cm³/mol. The Bertz CT molecular complexity index is 406. The van der Waals surface area contributed by atoms with Crippen molar-refractivity contribution in [2.45, 2.75) is 51.2 Å². The molecule has 2 nitrogen and oxygen atoms in total. The molecule has 0 unspecified atom stereocenters. The van der Waals surface area contributed by atoms with Gasteiger partial charge in [-0.15, -0.1) is 11.3 Å². The molecule has 1 heterocycles. The Morgan fingerprint density at radius 3 is 2.78 bits per heavy atom. The van der Waals surface area contributed by atoms with E-state index in [2.05, 4.69) is 17.9 Å². The number of ether oxygens (including phenoxy) is 1. The molecule has 1 aromatic heterocycles. The minimum Gasteiger partial charge on any atom is -0.384 e. The summed E-state index contributed by atoms with van der Waals surface area (Å²) in [5.74, 6) is 5.58. The molecule has 0 spiro atoms. The fourth-order valence-corrected chi connectivity index (χ4v) is 3.01. The van der Waals surface area contributed by atoms with Gasteiger partial charge in [-0.3, -0.25) is 0 Å². The topological polar surface area (TPSA) is 29.5 Å². The summed E-state index contributed by atoms with van der Waals surface area (Å²) >= 11 is 1.68. The maximum atomic E-state index is 8.64. The lowest BCUT2D eigenvalue weighted by atomic mass is 10.1. The van der Waals surface area contributed by atoms with Gasteiger partial charge in [-0.25, -0.2) is 0 Å². The number of thiophene rings is 1. The van der Waals surface area contributed by atoms with Crippen LogP contribution in [0.4, 0.5) is 0 Å². The summed E-state index contributed by atoms with van der Waals surface area (Å²) in [5, 5.41) is 10.7. The molecule has 0 radical (unpaired) electrons. The van der Waals surface area contributed by atoms with E-state index in [1.165, 1.54) is 43.4 Å². The summed E-state index contributed by atoms with van der Waals surface area (Å²) in [4.78, 5) is 1.22. The first-order valence-electron chi connectivity index (χ1n) is 6.67. The first-order valence-corrected chi connectivity index (χ1v) is 7.55. The van der Waals surface area contributed by atoms with Gasteiger partial charge in [0, 0.05) is 15.8 Å². The molecule has 0 aliphatic heterocycles. The van der Waals surface area contributed by atoms with E-state index in [1.807, 2.05) is 5.38 Å².